The number of rotatable bonds is 3. The highest BCUT2D eigenvalue weighted by Gasteiger charge is 2.46. The molecular weight excluding hydrogens is 224 g/mol. The number of ether oxygens (including phenoxy) is 1. The highest BCUT2D eigenvalue weighted by molar-refractivity contribution is 4.94. The largest absolute Gasteiger partial charge is 0.394 e. The molecule has 0 bridgehead atoms. The standard InChI is InChI=1S/C9H17F2NO4/c1-3-6(12)5(10)9(11)16-8(3)7(15)4(14)2-13/h3-9,13-15H,2,12H2,1H3/t3?,4-,5?,6?,7-,8?,9?/m1/s1. The van der Waals surface area contributed by atoms with Crippen LogP contribution in [-0.2, 0) is 4.74 Å². The maximum absolute atomic E-state index is 13.1. The molecule has 0 amide bonds. The third kappa shape index (κ3) is 2.49. The van der Waals surface area contributed by atoms with Crippen molar-refractivity contribution in [3.8, 4) is 0 Å². The van der Waals surface area contributed by atoms with E-state index in [2.05, 4.69) is 4.74 Å². The molecule has 0 aromatic rings. The minimum atomic E-state index is -2.23. The third-order valence-corrected chi connectivity index (χ3v) is 2.95. The molecule has 0 aliphatic carbocycles. The molecule has 1 heterocycles. The van der Waals surface area contributed by atoms with Crippen molar-refractivity contribution >= 4 is 0 Å². The summed E-state index contributed by atoms with van der Waals surface area (Å²) >= 11 is 0. The topological polar surface area (TPSA) is 95.9 Å². The van der Waals surface area contributed by atoms with E-state index in [9.17, 15) is 19.0 Å². The minimum Gasteiger partial charge on any atom is -0.394 e. The fraction of sp³-hybridized carbons (Fsp3) is 1.00. The summed E-state index contributed by atoms with van der Waals surface area (Å²) in [5.41, 5.74) is 5.43. The Labute approximate surface area is 91.8 Å². The molecule has 0 aromatic carbocycles. The van der Waals surface area contributed by atoms with Crippen LogP contribution in [0.2, 0.25) is 0 Å². The molecule has 0 saturated carbocycles. The predicted molar refractivity (Wildman–Crippen MR) is 50.9 cm³/mol. The van der Waals surface area contributed by atoms with Gasteiger partial charge in [0, 0.05) is 12.0 Å². The zero-order chi connectivity index (χ0) is 12.5. The first-order valence-corrected chi connectivity index (χ1v) is 5.06. The molecule has 5 nitrogen and oxygen atoms in total. The first-order valence-electron chi connectivity index (χ1n) is 5.06. The Morgan fingerprint density at radius 2 is 1.94 bits per heavy atom. The van der Waals surface area contributed by atoms with Crippen molar-refractivity contribution in [1.82, 2.24) is 0 Å². The highest BCUT2D eigenvalue weighted by atomic mass is 19.2. The molecule has 0 radical (unpaired) electrons. The number of aliphatic hydroxyl groups excluding tert-OH is 3. The van der Waals surface area contributed by atoms with Gasteiger partial charge in [-0.2, -0.15) is 0 Å². The van der Waals surface area contributed by atoms with Crippen LogP contribution in [-0.4, -0.2) is 58.8 Å². The zero-order valence-corrected chi connectivity index (χ0v) is 8.83. The number of nitrogens with two attached hydrogens (primary N) is 1. The Kier molecular flexibility index (Phi) is 4.57. The molecule has 1 rings (SSSR count). The molecule has 7 atom stereocenters. The summed E-state index contributed by atoms with van der Waals surface area (Å²) in [5, 5.41) is 27.4. The first kappa shape index (κ1) is 13.7. The van der Waals surface area contributed by atoms with Gasteiger partial charge in [0.25, 0.3) is 0 Å². The van der Waals surface area contributed by atoms with E-state index in [1.54, 1.807) is 0 Å². The van der Waals surface area contributed by atoms with E-state index in [0.717, 1.165) is 0 Å². The lowest BCUT2D eigenvalue weighted by Crippen LogP contribution is -2.59. The van der Waals surface area contributed by atoms with Gasteiger partial charge in [-0.05, 0) is 0 Å². The van der Waals surface area contributed by atoms with E-state index in [-0.39, 0.29) is 0 Å². The fourth-order valence-electron chi connectivity index (χ4n) is 1.75. The van der Waals surface area contributed by atoms with Crippen LogP contribution in [0.4, 0.5) is 8.78 Å². The normalized spacial score (nSPS) is 44.1. The van der Waals surface area contributed by atoms with Crippen LogP contribution >= 0.6 is 0 Å². The van der Waals surface area contributed by atoms with Gasteiger partial charge in [-0.15, -0.1) is 0 Å². The van der Waals surface area contributed by atoms with Crippen molar-refractivity contribution < 1.29 is 28.8 Å². The highest BCUT2D eigenvalue weighted by Crippen LogP contribution is 2.30. The second-order valence-corrected chi connectivity index (χ2v) is 4.07. The van der Waals surface area contributed by atoms with Crippen LogP contribution in [0, 0.1) is 5.92 Å². The summed E-state index contributed by atoms with van der Waals surface area (Å²) < 4.78 is 30.8. The van der Waals surface area contributed by atoms with Gasteiger partial charge in [0.1, 0.15) is 12.2 Å². The Bertz CT molecular complexity index is 230. The number of alkyl halides is 2. The quantitative estimate of drug-likeness (QED) is 0.492. The maximum atomic E-state index is 13.1. The molecule has 0 spiro atoms. The van der Waals surface area contributed by atoms with Crippen molar-refractivity contribution in [1.29, 1.82) is 0 Å². The lowest BCUT2D eigenvalue weighted by molar-refractivity contribution is -0.224. The van der Waals surface area contributed by atoms with E-state index in [4.69, 9.17) is 10.8 Å². The smallest absolute Gasteiger partial charge is 0.232 e. The fourth-order valence-corrected chi connectivity index (χ4v) is 1.75. The first-order chi connectivity index (χ1) is 7.40. The molecule has 1 aliphatic rings. The summed E-state index contributed by atoms with van der Waals surface area (Å²) in [6.45, 7) is 0.792. The van der Waals surface area contributed by atoms with Gasteiger partial charge in [-0.1, -0.05) is 6.92 Å². The summed E-state index contributed by atoms with van der Waals surface area (Å²) in [7, 11) is 0. The van der Waals surface area contributed by atoms with Gasteiger partial charge in [0.05, 0.1) is 12.7 Å². The van der Waals surface area contributed by atoms with Crippen molar-refractivity contribution in [3.63, 3.8) is 0 Å². The minimum absolute atomic E-state index is 0.668. The van der Waals surface area contributed by atoms with Crippen molar-refractivity contribution in [2.45, 2.75) is 43.8 Å². The summed E-state index contributed by atoms with van der Waals surface area (Å²) in [4.78, 5) is 0. The monoisotopic (exact) mass is 241 g/mol. The van der Waals surface area contributed by atoms with Gasteiger partial charge in [0.15, 0.2) is 6.17 Å². The molecule has 0 aromatic heterocycles. The molecule has 96 valence electrons. The molecular formula is C9H17F2NO4. The number of hydrogen-bond acceptors (Lipinski definition) is 5. The molecule has 1 fully saturated rings. The Morgan fingerprint density at radius 3 is 2.44 bits per heavy atom. The summed E-state index contributed by atoms with van der Waals surface area (Å²) in [6, 6.07) is -1.12. The van der Waals surface area contributed by atoms with Gasteiger partial charge in [-0.3, -0.25) is 0 Å². The van der Waals surface area contributed by atoms with E-state index < -0.39 is 49.4 Å². The van der Waals surface area contributed by atoms with Crippen LogP contribution in [0.25, 0.3) is 0 Å². The SMILES string of the molecule is CC1C(N)C(F)C(F)OC1[C@H](O)[C@H](O)CO. The molecule has 5 N–H and O–H groups in total. The van der Waals surface area contributed by atoms with E-state index in [1.165, 1.54) is 6.92 Å². The predicted octanol–water partition coefficient (Wildman–Crippen LogP) is -1.30. The average Bonchev–Trinajstić information content (AvgIpc) is 2.29. The van der Waals surface area contributed by atoms with Crippen LogP contribution < -0.4 is 5.73 Å². The van der Waals surface area contributed by atoms with Crippen LogP contribution in [0.3, 0.4) is 0 Å². The van der Waals surface area contributed by atoms with Crippen LogP contribution in [0.5, 0.6) is 0 Å². The lowest BCUT2D eigenvalue weighted by Gasteiger charge is -2.41. The zero-order valence-electron chi connectivity index (χ0n) is 8.83. The number of hydrogen-bond donors (Lipinski definition) is 4. The maximum Gasteiger partial charge on any atom is 0.232 e. The van der Waals surface area contributed by atoms with E-state index in [0.29, 0.717) is 0 Å². The van der Waals surface area contributed by atoms with Gasteiger partial charge >= 0.3 is 0 Å². The Balaban J connectivity index is 2.73. The summed E-state index contributed by atoms with van der Waals surface area (Å²) in [6.07, 6.45) is -8.29. The van der Waals surface area contributed by atoms with Crippen LogP contribution in [0.15, 0.2) is 0 Å². The van der Waals surface area contributed by atoms with Gasteiger partial charge in [0.2, 0.25) is 6.36 Å². The van der Waals surface area contributed by atoms with E-state index in [1.807, 2.05) is 0 Å². The molecule has 1 saturated heterocycles. The average molecular weight is 241 g/mol. The molecule has 5 unspecified atom stereocenters. The molecule has 7 heteroatoms. The second kappa shape index (κ2) is 5.33. The Morgan fingerprint density at radius 1 is 1.38 bits per heavy atom. The number of aliphatic hydroxyl groups is 3. The van der Waals surface area contributed by atoms with Gasteiger partial charge in [-0.25, -0.2) is 8.78 Å². The van der Waals surface area contributed by atoms with Crippen molar-refractivity contribution in [3.05, 3.63) is 0 Å². The molecule has 1 aliphatic heterocycles. The number of halogens is 2. The second-order valence-electron chi connectivity index (χ2n) is 4.07. The van der Waals surface area contributed by atoms with Crippen LogP contribution in [0.1, 0.15) is 6.92 Å². The van der Waals surface area contributed by atoms with Crippen molar-refractivity contribution in [2.75, 3.05) is 6.61 Å². The third-order valence-electron chi connectivity index (χ3n) is 2.95. The van der Waals surface area contributed by atoms with Gasteiger partial charge < -0.3 is 25.8 Å². The molecule has 16 heavy (non-hydrogen) atoms. The Hall–Kier alpha value is -0.340. The lowest BCUT2D eigenvalue weighted by atomic mass is 9.86. The van der Waals surface area contributed by atoms with Crippen molar-refractivity contribution in [2.24, 2.45) is 11.7 Å². The summed E-state index contributed by atoms with van der Waals surface area (Å²) in [5.74, 6) is -0.668. The van der Waals surface area contributed by atoms with E-state index >= 15 is 0 Å².